The average molecular weight is 358 g/mol. The zero-order valence-corrected chi connectivity index (χ0v) is 14.3. The van der Waals surface area contributed by atoms with Crippen LogP contribution in [0.3, 0.4) is 0 Å². The van der Waals surface area contributed by atoms with Crippen LogP contribution in [-0.4, -0.2) is 34.2 Å². The Bertz CT molecular complexity index is 839. The predicted octanol–water partition coefficient (Wildman–Crippen LogP) is 3.13. The number of carbonyl (C=O) groups excluding carboxylic acids is 1. The van der Waals surface area contributed by atoms with E-state index in [9.17, 15) is 25.0 Å². The summed E-state index contributed by atoms with van der Waals surface area (Å²) in [5.74, 6) is -0.418. The molecule has 0 fully saturated rings. The van der Waals surface area contributed by atoms with Crippen molar-refractivity contribution in [3.8, 4) is 0 Å². The van der Waals surface area contributed by atoms with Crippen LogP contribution in [0.15, 0.2) is 48.5 Å². The number of hydrogen-bond acceptors (Lipinski definition) is 6. The van der Waals surface area contributed by atoms with Crippen molar-refractivity contribution in [2.24, 2.45) is 0 Å². The molecule has 0 saturated heterocycles. The van der Waals surface area contributed by atoms with E-state index in [1.807, 2.05) is 6.92 Å². The third-order valence-electron chi connectivity index (χ3n) is 3.99. The van der Waals surface area contributed by atoms with E-state index in [1.165, 1.54) is 30.3 Å². The maximum Gasteiger partial charge on any atom is 0.292 e. The summed E-state index contributed by atoms with van der Waals surface area (Å²) >= 11 is 0. The van der Waals surface area contributed by atoms with Gasteiger partial charge in [0.2, 0.25) is 5.91 Å². The number of nitro groups is 2. The van der Waals surface area contributed by atoms with E-state index >= 15 is 0 Å². The summed E-state index contributed by atoms with van der Waals surface area (Å²) in [4.78, 5) is 34.8. The van der Waals surface area contributed by atoms with E-state index in [2.05, 4.69) is 5.32 Å². The summed E-state index contributed by atoms with van der Waals surface area (Å²) in [6, 6.07) is 11.8. The predicted molar refractivity (Wildman–Crippen MR) is 95.9 cm³/mol. The molecule has 26 heavy (non-hydrogen) atoms. The van der Waals surface area contributed by atoms with Crippen molar-refractivity contribution in [1.29, 1.82) is 0 Å². The van der Waals surface area contributed by atoms with Gasteiger partial charge in [0, 0.05) is 24.2 Å². The summed E-state index contributed by atoms with van der Waals surface area (Å²) < 4.78 is 0. The highest BCUT2D eigenvalue weighted by atomic mass is 16.6. The smallest absolute Gasteiger partial charge is 0.292 e. The summed E-state index contributed by atoms with van der Waals surface area (Å²) in [7, 11) is 1.70. The topological polar surface area (TPSA) is 119 Å². The number of amides is 1. The second kappa shape index (κ2) is 8.17. The number of para-hydroxylation sites is 2. The molecule has 2 aromatic carbocycles. The molecule has 0 spiro atoms. The normalized spacial score (nSPS) is 11.8. The van der Waals surface area contributed by atoms with E-state index in [1.54, 1.807) is 30.1 Å². The minimum atomic E-state index is -0.564. The number of anilines is 1. The Balaban J connectivity index is 2.06. The molecule has 0 aliphatic rings. The molecule has 1 unspecified atom stereocenters. The molecule has 136 valence electrons. The number of hydrogen-bond donors (Lipinski definition) is 1. The maximum atomic E-state index is 12.2. The van der Waals surface area contributed by atoms with Gasteiger partial charge in [0.05, 0.1) is 16.4 Å². The van der Waals surface area contributed by atoms with Crippen LogP contribution in [0, 0.1) is 20.2 Å². The monoisotopic (exact) mass is 358 g/mol. The molecule has 0 aromatic heterocycles. The van der Waals surface area contributed by atoms with Crippen LogP contribution < -0.4 is 5.32 Å². The first-order chi connectivity index (χ1) is 12.3. The van der Waals surface area contributed by atoms with Crippen molar-refractivity contribution in [2.45, 2.75) is 13.0 Å². The van der Waals surface area contributed by atoms with Crippen LogP contribution >= 0.6 is 0 Å². The lowest BCUT2D eigenvalue weighted by Gasteiger charge is -2.24. The Kier molecular flexibility index (Phi) is 5.97. The fourth-order valence-corrected chi connectivity index (χ4v) is 2.44. The SMILES string of the molecule is CC(c1cccc([N+](=O)[O-])c1)N(C)CC(=O)Nc1ccccc1[N+](=O)[O-]. The van der Waals surface area contributed by atoms with Gasteiger partial charge in [-0.2, -0.15) is 0 Å². The van der Waals surface area contributed by atoms with Crippen molar-refractivity contribution < 1.29 is 14.6 Å². The van der Waals surface area contributed by atoms with Crippen molar-refractivity contribution in [1.82, 2.24) is 4.90 Å². The number of nitrogens with one attached hydrogen (secondary N) is 1. The van der Waals surface area contributed by atoms with Crippen LogP contribution in [0.2, 0.25) is 0 Å². The number of nitro benzene ring substituents is 2. The molecule has 1 atom stereocenters. The van der Waals surface area contributed by atoms with Gasteiger partial charge in [-0.05, 0) is 25.6 Å². The summed E-state index contributed by atoms with van der Waals surface area (Å²) in [5.41, 5.74) is 0.612. The fraction of sp³-hybridized carbons (Fsp3) is 0.235. The number of benzene rings is 2. The van der Waals surface area contributed by atoms with E-state index < -0.39 is 15.8 Å². The van der Waals surface area contributed by atoms with Crippen LogP contribution in [0.25, 0.3) is 0 Å². The van der Waals surface area contributed by atoms with E-state index in [0.29, 0.717) is 5.56 Å². The molecule has 9 nitrogen and oxygen atoms in total. The van der Waals surface area contributed by atoms with Gasteiger partial charge < -0.3 is 5.32 Å². The molecule has 0 heterocycles. The van der Waals surface area contributed by atoms with Gasteiger partial charge in [-0.15, -0.1) is 0 Å². The average Bonchev–Trinajstić information content (AvgIpc) is 2.61. The number of rotatable bonds is 7. The summed E-state index contributed by atoms with van der Waals surface area (Å²) in [6.07, 6.45) is 0. The fourth-order valence-electron chi connectivity index (χ4n) is 2.44. The Morgan fingerprint density at radius 1 is 1.12 bits per heavy atom. The molecule has 0 saturated carbocycles. The minimum Gasteiger partial charge on any atom is -0.319 e. The summed E-state index contributed by atoms with van der Waals surface area (Å²) in [6.45, 7) is 1.78. The molecule has 2 aromatic rings. The highest BCUT2D eigenvalue weighted by Crippen LogP contribution is 2.25. The lowest BCUT2D eigenvalue weighted by atomic mass is 10.1. The minimum absolute atomic E-state index is 0.0212. The van der Waals surface area contributed by atoms with Crippen LogP contribution in [0.1, 0.15) is 18.5 Å². The van der Waals surface area contributed by atoms with Gasteiger partial charge in [0.15, 0.2) is 0 Å². The molecule has 2 rings (SSSR count). The molecule has 1 amide bonds. The van der Waals surface area contributed by atoms with Gasteiger partial charge in [-0.1, -0.05) is 24.3 Å². The molecule has 0 bridgehead atoms. The largest absolute Gasteiger partial charge is 0.319 e. The van der Waals surface area contributed by atoms with Gasteiger partial charge in [-0.25, -0.2) is 0 Å². The standard InChI is InChI=1S/C17H18N4O5/c1-12(13-6-5-7-14(10-13)20(23)24)19(2)11-17(22)18-15-8-3-4-9-16(15)21(25)26/h3-10,12H,11H2,1-2H3,(H,18,22). The number of likely N-dealkylation sites (N-methyl/N-ethyl adjacent to an activating group) is 1. The first-order valence-electron chi connectivity index (χ1n) is 7.77. The van der Waals surface area contributed by atoms with Gasteiger partial charge in [-0.3, -0.25) is 29.9 Å². The van der Waals surface area contributed by atoms with E-state index in [-0.39, 0.29) is 29.6 Å². The van der Waals surface area contributed by atoms with Crippen LogP contribution in [-0.2, 0) is 4.79 Å². The lowest BCUT2D eigenvalue weighted by Crippen LogP contribution is -2.32. The number of nitrogens with zero attached hydrogens (tertiary/aromatic N) is 3. The molecule has 0 aliphatic carbocycles. The Hall–Kier alpha value is -3.33. The summed E-state index contributed by atoms with van der Waals surface area (Å²) in [5, 5.41) is 24.4. The lowest BCUT2D eigenvalue weighted by molar-refractivity contribution is -0.385. The third kappa shape index (κ3) is 4.61. The second-order valence-electron chi connectivity index (χ2n) is 5.77. The zero-order chi connectivity index (χ0) is 19.3. The van der Waals surface area contributed by atoms with Gasteiger partial charge >= 0.3 is 0 Å². The highest BCUT2D eigenvalue weighted by Gasteiger charge is 2.19. The Morgan fingerprint density at radius 2 is 1.81 bits per heavy atom. The van der Waals surface area contributed by atoms with Crippen molar-refractivity contribution in [2.75, 3.05) is 18.9 Å². The van der Waals surface area contributed by atoms with Gasteiger partial charge in [0.1, 0.15) is 5.69 Å². The van der Waals surface area contributed by atoms with Gasteiger partial charge in [0.25, 0.3) is 11.4 Å². The first-order valence-corrected chi connectivity index (χ1v) is 7.77. The van der Waals surface area contributed by atoms with Crippen LogP contribution in [0.5, 0.6) is 0 Å². The molecule has 0 radical (unpaired) electrons. The molecular weight excluding hydrogens is 340 g/mol. The second-order valence-corrected chi connectivity index (χ2v) is 5.77. The van der Waals surface area contributed by atoms with Crippen molar-refractivity contribution >= 4 is 23.0 Å². The molecule has 1 N–H and O–H groups in total. The maximum absolute atomic E-state index is 12.2. The highest BCUT2D eigenvalue weighted by molar-refractivity contribution is 5.94. The quantitative estimate of drug-likeness (QED) is 0.600. The number of non-ortho nitro benzene ring substituents is 1. The van der Waals surface area contributed by atoms with Crippen molar-refractivity contribution in [3.63, 3.8) is 0 Å². The van der Waals surface area contributed by atoms with E-state index in [4.69, 9.17) is 0 Å². The first kappa shape index (κ1) is 19.0. The molecule has 9 heteroatoms. The van der Waals surface area contributed by atoms with E-state index in [0.717, 1.165) is 0 Å². The van der Waals surface area contributed by atoms with Crippen LogP contribution in [0.4, 0.5) is 17.1 Å². The number of carbonyl (C=O) groups is 1. The Labute approximate surface area is 149 Å². The van der Waals surface area contributed by atoms with Crippen molar-refractivity contribution in [3.05, 3.63) is 74.3 Å². The molecule has 0 aliphatic heterocycles. The Morgan fingerprint density at radius 3 is 2.46 bits per heavy atom. The molecular formula is C17H18N4O5. The zero-order valence-electron chi connectivity index (χ0n) is 14.3. The third-order valence-corrected chi connectivity index (χ3v) is 3.99.